The van der Waals surface area contributed by atoms with Gasteiger partial charge in [-0.15, -0.1) is 11.8 Å². The molecule has 1 unspecified atom stereocenters. The number of fused-ring (bicyclic) bond motifs is 2. The van der Waals surface area contributed by atoms with E-state index in [0.29, 0.717) is 32.5 Å². The topological polar surface area (TPSA) is 81.2 Å². The third-order valence-corrected chi connectivity index (χ3v) is 10.3. The summed E-state index contributed by atoms with van der Waals surface area (Å²) in [6, 6.07) is 5.32. The number of aliphatic hydroxyl groups is 1. The molecule has 5 atom stereocenters. The lowest BCUT2D eigenvalue weighted by atomic mass is 9.74. The number of benzene rings is 1. The summed E-state index contributed by atoms with van der Waals surface area (Å²) in [7, 11) is 1.79. The van der Waals surface area contributed by atoms with Crippen molar-refractivity contribution in [2.24, 2.45) is 11.8 Å². The van der Waals surface area contributed by atoms with Crippen LogP contribution in [0.15, 0.2) is 42.5 Å². The van der Waals surface area contributed by atoms with Crippen molar-refractivity contribution in [2.45, 2.75) is 55.6 Å². The molecule has 2 saturated heterocycles. The molecule has 1 N–H and O–H groups in total. The van der Waals surface area contributed by atoms with Crippen LogP contribution in [0.4, 0.5) is 5.69 Å². The summed E-state index contributed by atoms with van der Waals surface area (Å²) in [5.41, 5.74) is 2.93. The molecule has 4 aliphatic heterocycles. The van der Waals surface area contributed by atoms with Gasteiger partial charge in [0, 0.05) is 43.7 Å². The van der Waals surface area contributed by atoms with Crippen LogP contribution in [0, 0.1) is 25.7 Å². The number of thioether (sulfide) groups is 1. The number of unbranched alkanes of at least 4 members (excludes halogenated alkanes) is 2. The van der Waals surface area contributed by atoms with Gasteiger partial charge in [-0.3, -0.25) is 14.4 Å². The van der Waals surface area contributed by atoms with Crippen molar-refractivity contribution in [3.8, 4) is 0 Å². The number of rotatable bonds is 6. The Bertz CT molecular complexity index is 1160. The van der Waals surface area contributed by atoms with Crippen LogP contribution in [-0.2, 0) is 14.4 Å². The van der Waals surface area contributed by atoms with Gasteiger partial charge in [0.1, 0.15) is 6.04 Å². The fourth-order valence-electron chi connectivity index (χ4n) is 6.89. The number of likely N-dealkylation sites (tertiary alicyclic amines) is 1. The molecule has 7 nitrogen and oxygen atoms in total. The van der Waals surface area contributed by atoms with E-state index in [0.717, 1.165) is 23.2 Å². The standard InChI is InChI=1S/C29H37N3O4S/c1-19-11-8-12-20(2)23(19)31-17-10-14-29-22(21-25(34)30(4)15-9-13-28(21,3)37-29)26(35)32(24(29)27(31)36)16-6-5-7-18-33/h8-14,21-22,24,33H,5-7,15-18H2,1-4H3/t21-,22-,24?,28+,29-/m0/s1. The second-order valence-corrected chi connectivity index (χ2v) is 12.8. The Morgan fingerprint density at radius 1 is 0.946 bits per heavy atom. The molecule has 8 heteroatoms. The van der Waals surface area contributed by atoms with Crippen molar-refractivity contribution in [3.63, 3.8) is 0 Å². The summed E-state index contributed by atoms with van der Waals surface area (Å²) in [4.78, 5) is 47.8. The average Bonchev–Trinajstić information content (AvgIpc) is 3.12. The molecule has 1 spiro atoms. The monoisotopic (exact) mass is 523 g/mol. The van der Waals surface area contributed by atoms with Crippen LogP contribution in [0.2, 0.25) is 0 Å². The van der Waals surface area contributed by atoms with Crippen molar-refractivity contribution in [1.29, 1.82) is 0 Å². The predicted molar refractivity (Wildman–Crippen MR) is 146 cm³/mol. The highest BCUT2D eigenvalue weighted by Crippen LogP contribution is 2.65. The number of carbonyl (C=O) groups excluding carboxylic acids is 3. The molecule has 0 saturated carbocycles. The van der Waals surface area contributed by atoms with Crippen LogP contribution in [0.25, 0.3) is 0 Å². The maximum atomic E-state index is 14.6. The molecule has 0 bridgehead atoms. The van der Waals surface area contributed by atoms with E-state index in [-0.39, 0.29) is 24.3 Å². The number of amides is 3. The Labute approximate surface area is 223 Å². The summed E-state index contributed by atoms with van der Waals surface area (Å²) in [5, 5.41) is 9.26. The molecule has 0 radical (unpaired) electrons. The predicted octanol–water partition coefficient (Wildman–Crippen LogP) is 3.08. The van der Waals surface area contributed by atoms with Crippen molar-refractivity contribution < 1.29 is 19.5 Å². The van der Waals surface area contributed by atoms with Crippen LogP contribution in [0.1, 0.15) is 37.3 Å². The molecule has 4 heterocycles. The zero-order valence-electron chi connectivity index (χ0n) is 22.1. The van der Waals surface area contributed by atoms with E-state index in [1.807, 2.05) is 56.0 Å². The van der Waals surface area contributed by atoms with Gasteiger partial charge in [-0.1, -0.05) is 42.5 Å². The second-order valence-electron chi connectivity index (χ2n) is 11.0. The number of para-hydroxylation sites is 1. The minimum absolute atomic E-state index is 0.0344. The quantitative estimate of drug-likeness (QED) is 0.458. The lowest BCUT2D eigenvalue weighted by Gasteiger charge is -2.37. The Balaban J connectivity index is 1.63. The first kappa shape index (κ1) is 26.0. The Morgan fingerprint density at radius 2 is 1.65 bits per heavy atom. The highest BCUT2D eigenvalue weighted by molar-refractivity contribution is 8.02. The smallest absolute Gasteiger partial charge is 0.251 e. The maximum Gasteiger partial charge on any atom is 0.251 e. The molecular weight excluding hydrogens is 486 g/mol. The lowest BCUT2D eigenvalue weighted by molar-refractivity contribution is -0.143. The molecule has 198 valence electrons. The number of anilines is 1. The third kappa shape index (κ3) is 3.95. The fraction of sp³-hybridized carbons (Fsp3) is 0.552. The van der Waals surface area contributed by atoms with Gasteiger partial charge in [0.15, 0.2) is 0 Å². The normalized spacial score (nSPS) is 32.9. The number of carbonyl (C=O) groups is 3. The highest BCUT2D eigenvalue weighted by atomic mass is 32.2. The van der Waals surface area contributed by atoms with Crippen molar-refractivity contribution in [3.05, 3.63) is 53.6 Å². The molecule has 1 aromatic carbocycles. The zero-order chi connectivity index (χ0) is 26.5. The van der Waals surface area contributed by atoms with Gasteiger partial charge in [-0.25, -0.2) is 0 Å². The van der Waals surface area contributed by atoms with E-state index in [1.54, 1.807) is 28.6 Å². The van der Waals surface area contributed by atoms with Crippen molar-refractivity contribution >= 4 is 35.2 Å². The molecule has 5 rings (SSSR count). The van der Waals surface area contributed by atoms with Gasteiger partial charge >= 0.3 is 0 Å². The van der Waals surface area contributed by atoms with E-state index in [2.05, 4.69) is 12.2 Å². The van der Waals surface area contributed by atoms with Crippen LogP contribution in [0.5, 0.6) is 0 Å². The summed E-state index contributed by atoms with van der Waals surface area (Å²) in [6.45, 7) is 7.55. The maximum absolute atomic E-state index is 14.6. The average molecular weight is 524 g/mol. The van der Waals surface area contributed by atoms with E-state index in [9.17, 15) is 19.5 Å². The van der Waals surface area contributed by atoms with E-state index in [4.69, 9.17) is 0 Å². The highest BCUT2D eigenvalue weighted by Gasteiger charge is 2.73. The molecule has 0 aliphatic carbocycles. The molecule has 37 heavy (non-hydrogen) atoms. The number of hydrogen-bond acceptors (Lipinski definition) is 5. The SMILES string of the molecule is Cc1cccc(C)c1N1CC=C[C@]23S[C@]4(C)C=CCN(C)C(=O)[C@@H]4[C@H]2C(=O)N(CCCCCO)C3C1=O. The molecule has 1 aromatic rings. The zero-order valence-corrected chi connectivity index (χ0v) is 23.0. The minimum atomic E-state index is -0.825. The lowest BCUT2D eigenvalue weighted by Crippen LogP contribution is -2.53. The number of aryl methyl sites for hydroxylation is 2. The Hall–Kier alpha value is -2.58. The second kappa shape index (κ2) is 9.62. The first-order chi connectivity index (χ1) is 17.7. The van der Waals surface area contributed by atoms with E-state index in [1.165, 1.54) is 0 Å². The minimum Gasteiger partial charge on any atom is -0.396 e. The fourth-order valence-corrected chi connectivity index (χ4v) is 9.04. The molecule has 0 aromatic heterocycles. The molecular formula is C29H37N3O4S. The van der Waals surface area contributed by atoms with Gasteiger partial charge in [0.25, 0.3) is 5.91 Å². The van der Waals surface area contributed by atoms with Crippen molar-refractivity contribution in [1.82, 2.24) is 9.80 Å². The summed E-state index contributed by atoms with van der Waals surface area (Å²) in [5.74, 6) is -1.37. The molecule has 2 fully saturated rings. The third-order valence-electron chi connectivity index (χ3n) is 8.52. The van der Waals surface area contributed by atoms with Gasteiger partial charge in [0.05, 0.1) is 16.6 Å². The van der Waals surface area contributed by atoms with Gasteiger partial charge in [-0.05, 0) is 51.2 Å². The molecule has 4 aliphatic rings. The van der Waals surface area contributed by atoms with Crippen LogP contribution >= 0.6 is 11.8 Å². The van der Waals surface area contributed by atoms with Crippen LogP contribution < -0.4 is 4.90 Å². The van der Waals surface area contributed by atoms with Crippen molar-refractivity contribution in [2.75, 3.05) is 38.2 Å². The van der Waals surface area contributed by atoms with Crippen LogP contribution in [-0.4, -0.2) is 81.5 Å². The van der Waals surface area contributed by atoms with Gasteiger partial charge in [-0.2, -0.15) is 0 Å². The number of likely N-dealkylation sites (N-methyl/N-ethyl adjacent to an activating group) is 1. The Kier molecular flexibility index (Phi) is 6.77. The number of hydrogen-bond donors (Lipinski definition) is 1. The van der Waals surface area contributed by atoms with Crippen LogP contribution in [0.3, 0.4) is 0 Å². The van der Waals surface area contributed by atoms with E-state index < -0.39 is 27.4 Å². The summed E-state index contributed by atoms with van der Waals surface area (Å²) >= 11 is 1.62. The largest absolute Gasteiger partial charge is 0.396 e. The van der Waals surface area contributed by atoms with E-state index >= 15 is 0 Å². The summed E-state index contributed by atoms with van der Waals surface area (Å²) < 4.78 is -1.41. The first-order valence-corrected chi connectivity index (χ1v) is 14.1. The number of nitrogens with zero attached hydrogens (tertiary/aromatic N) is 3. The summed E-state index contributed by atoms with van der Waals surface area (Å²) in [6.07, 6.45) is 10.3. The van der Waals surface area contributed by atoms with Gasteiger partial charge in [0.2, 0.25) is 11.8 Å². The Morgan fingerprint density at radius 3 is 2.35 bits per heavy atom. The molecule has 3 amide bonds. The van der Waals surface area contributed by atoms with Gasteiger partial charge < -0.3 is 19.8 Å². The first-order valence-electron chi connectivity index (χ1n) is 13.3. The number of aliphatic hydroxyl groups excluding tert-OH is 1.